The minimum absolute atomic E-state index is 0.0713. The van der Waals surface area contributed by atoms with Crippen molar-refractivity contribution in [2.24, 2.45) is 0 Å². The Morgan fingerprint density at radius 1 is 1.00 bits per heavy atom. The number of hydrogen-bond donors (Lipinski definition) is 1. The zero-order valence-electron chi connectivity index (χ0n) is 18.5. The van der Waals surface area contributed by atoms with Crippen molar-refractivity contribution in [3.05, 3.63) is 95.6 Å². The van der Waals surface area contributed by atoms with Crippen LogP contribution in [0.4, 0.5) is 0 Å². The number of carbonyl (C=O) groups excluding carboxylic acids is 1. The van der Waals surface area contributed by atoms with Crippen LogP contribution in [-0.2, 0) is 16.6 Å². The van der Waals surface area contributed by atoms with Crippen molar-refractivity contribution in [2.45, 2.75) is 31.3 Å². The molecule has 1 amide bonds. The van der Waals surface area contributed by atoms with E-state index in [1.165, 1.54) is 11.4 Å². The Morgan fingerprint density at radius 3 is 2.25 bits per heavy atom. The highest BCUT2D eigenvalue weighted by atomic mass is 32.2. The van der Waals surface area contributed by atoms with Crippen molar-refractivity contribution in [3.8, 4) is 5.75 Å². The minimum Gasteiger partial charge on any atom is -0.494 e. The van der Waals surface area contributed by atoms with Gasteiger partial charge >= 0.3 is 0 Å². The Balaban J connectivity index is 1.83. The van der Waals surface area contributed by atoms with Gasteiger partial charge in [0.05, 0.1) is 17.5 Å². The summed E-state index contributed by atoms with van der Waals surface area (Å²) in [6.07, 6.45) is 0. The van der Waals surface area contributed by atoms with Crippen molar-refractivity contribution in [1.29, 1.82) is 0 Å². The summed E-state index contributed by atoms with van der Waals surface area (Å²) in [5, 5.41) is 2.99. The predicted octanol–water partition coefficient (Wildman–Crippen LogP) is 4.40. The number of benzene rings is 3. The van der Waals surface area contributed by atoms with E-state index in [1.54, 1.807) is 48.5 Å². The molecule has 1 N–H and O–H groups in total. The summed E-state index contributed by atoms with van der Waals surface area (Å²) in [6.45, 7) is 4.28. The molecule has 168 valence electrons. The molecule has 0 heterocycles. The van der Waals surface area contributed by atoms with E-state index in [0.29, 0.717) is 23.5 Å². The zero-order valence-corrected chi connectivity index (χ0v) is 19.3. The monoisotopic (exact) mass is 452 g/mol. The largest absolute Gasteiger partial charge is 0.494 e. The number of rotatable bonds is 9. The van der Waals surface area contributed by atoms with Crippen LogP contribution in [0.3, 0.4) is 0 Å². The molecular weight excluding hydrogens is 424 g/mol. The van der Waals surface area contributed by atoms with Crippen LogP contribution in [0.25, 0.3) is 0 Å². The second kappa shape index (κ2) is 10.4. The molecule has 1 atom stereocenters. The fraction of sp³-hybridized carbons (Fsp3) is 0.240. The van der Waals surface area contributed by atoms with Gasteiger partial charge in [-0.25, -0.2) is 8.42 Å². The second-order valence-corrected chi connectivity index (χ2v) is 9.48. The van der Waals surface area contributed by atoms with Gasteiger partial charge < -0.3 is 10.1 Å². The Bertz CT molecular complexity index is 1150. The Hall–Kier alpha value is -3.16. The smallest absolute Gasteiger partial charge is 0.251 e. The van der Waals surface area contributed by atoms with Crippen LogP contribution >= 0.6 is 0 Å². The van der Waals surface area contributed by atoms with Crippen molar-refractivity contribution < 1.29 is 17.9 Å². The summed E-state index contributed by atoms with van der Waals surface area (Å²) < 4.78 is 32.8. The highest BCUT2D eigenvalue weighted by Crippen LogP contribution is 2.25. The average molecular weight is 453 g/mol. The lowest BCUT2D eigenvalue weighted by Gasteiger charge is -2.20. The molecule has 3 aromatic rings. The lowest BCUT2D eigenvalue weighted by molar-refractivity contribution is 0.0939. The van der Waals surface area contributed by atoms with Gasteiger partial charge in [-0.3, -0.25) is 4.79 Å². The van der Waals surface area contributed by atoms with E-state index >= 15 is 0 Å². The summed E-state index contributed by atoms with van der Waals surface area (Å²) in [5.74, 6) is 0.314. The third kappa shape index (κ3) is 5.55. The third-order valence-electron chi connectivity index (χ3n) is 5.11. The summed E-state index contributed by atoms with van der Waals surface area (Å²) in [5.41, 5.74) is 2.06. The molecular formula is C25H28N2O4S. The first-order valence-corrected chi connectivity index (χ1v) is 11.9. The van der Waals surface area contributed by atoms with Crippen molar-refractivity contribution in [2.75, 3.05) is 13.7 Å². The fourth-order valence-electron chi connectivity index (χ4n) is 3.34. The molecule has 0 aromatic heterocycles. The van der Waals surface area contributed by atoms with Gasteiger partial charge in [-0.15, -0.1) is 0 Å². The maximum Gasteiger partial charge on any atom is 0.251 e. The van der Waals surface area contributed by atoms with E-state index in [9.17, 15) is 13.2 Å². The third-order valence-corrected chi connectivity index (χ3v) is 6.93. The summed E-state index contributed by atoms with van der Waals surface area (Å²) in [7, 11) is -2.16. The molecule has 0 fully saturated rings. The topological polar surface area (TPSA) is 75.7 Å². The first kappa shape index (κ1) is 23.5. The molecule has 0 saturated heterocycles. The predicted molar refractivity (Wildman–Crippen MR) is 125 cm³/mol. The van der Waals surface area contributed by atoms with Gasteiger partial charge in [-0.05, 0) is 49.7 Å². The van der Waals surface area contributed by atoms with Crippen LogP contribution in [0.2, 0.25) is 0 Å². The van der Waals surface area contributed by atoms with E-state index in [1.807, 2.05) is 44.2 Å². The zero-order chi connectivity index (χ0) is 23.1. The van der Waals surface area contributed by atoms with Crippen LogP contribution < -0.4 is 10.1 Å². The number of amides is 1. The standard InChI is InChI=1S/C25H28N2O4S/c1-4-31-24-16-15-21(25(28)26-19(2)20-11-7-5-8-12-20)17-22(24)18-27(3)32(29,30)23-13-9-6-10-14-23/h5-17,19H,4,18H2,1-3H3,(H,26,28)/t19-/m1/s1. The Labute approximate surface area is 189 Å². The van der Waals surface area contributed by atoms with Gasteiger partial charge in [0, 0.05) is 24.7 Å². The van der Waals surface area contributed by atoms with Crippen LogP contribution in [0, 0.1) is 0 Å². The molecule has 0 bridgehead atoms. The molecule has 0 spiro atoms. The van der Waals surface area contributed by atoms with Gasteiger partial charge in [-0.2, -0.15) is 4.31 Å². The molecule has 3 aromatic carbocycles. The first-order valence-electron chi connectivity index (χ1n) is 10.5. The molecule has 0 aliphatic heterocycles. The Morgan fingerprint density at radius 2 is 1.62 bits per heavy atom. The summed E-state index contributed by atoms with van der Waals surface area (Å²) >= 11 is 0. The second-order valence-electron chi connectivity index (χ2n) is 7.44. The molecule has 6 nitrogen and oxygen atoms in total. The number of sulfonamides is 1. The number of nitrogens with zero attached hydrogens (tertiary/aromatic N) is 1. The van der Waals surface area contributed by atoms with Crippen molar-refractivity contribution >= 4 is 15.9 Å². The fourth-order valence-corrected chi connectivity index (χ4v) is 4.51. The molecule has 32 heavy (non-hydrogen) atoms. The van der Waals surface area contributed by atoms with E-state index in [2.05, 4.69) is 5.32 Å². The van der Waals surface area contributed by atoms with Gasteiger partial charge in [0.1, 0.15) is 5.75 Å². The number of carbonyl (C=O) groups is 1. The van der Waals surface area contributed by atoms with E-state index in [4.69, 9.17) is 4.74 Å². The highest BCUT2D eigenvalue weighted by molar-refractivity contribution is 7.89. The highest BCUT2D eigenvalue weighted by Gasteiger charge is 2.23. The Kier molecular flexibility index (Phi) is 7.66. The molecule has 0 aliphatic rings. The summed E-state index contributed by atoms with van der Waals surface area (Å²) in [4.78, 5) is 13.1. The van der Waals surface area contributed by atoms with Crippen LogP contribution in [0.15, 0.2) is 83.8 Å². The van der Waals surface area contributed by atoms with Crippen molar-refractivity contribution in [1.82, 2.24) is 9.62 Å². The normalized spacial score (nSPS) is 12.4. The maximum absolute atomic E-state index is 12.9. The van der Waals surface area contributed by atoms with Gasteiger partial charge in [-0.1, -0.05) is 48.5 Å². The molecule has 0 saturated carbocycles. The average Bonchev–Trinajstić information content (AvgIpc) is 2.81. The van der Waals surface area contributed by atoms with E-state index in [0.717, 1.165) is 5.56 Å². The lowest BCUT2D eigenvalue weighted by Crippen LogP contribution is -2.28. The van der Waals surface area contributed by atoms with Crippen LogP contribution in [0.5, 0.6) is 5.75 Å². The minimum atomic E-state index is -3.68. The van der Waals surface area contributed by atoms with Crippen LogP contribution in [0.1, 0.15) is 41.4 Å². The number of nitrogens with one attached hydrogen (secondary N) is 1. The van der Waals surface area contributed by atoms with E-state index < -0.39 is 10.0 Å². The number of ether oxygens (including phenoxy) is 1. The quantitative estimate of drug-likeness (QED) is 0.522. The molecule has 0 unspecified atom stereocenters. The molecule has 0 radical (unpaired) electrons. The van der Waals surface area contributed by atoms with Gasteiger partial charge in [0.15, 0.2) is 0 Å². The summed E-state index contributed by atoms with van der Waals surface area (Å²) in [6, 6.07) is 22.9. The lowest BCUT2D eigenvalue weighted by atomic mass is 10.1. The SMILES string of the molecule is CCOc1ccc(C(=O)N[C@H](C)c2ccccc2)cc1CN(C)S(=O)(=O)c1ccccc1. The number of hydrogen-bond acceptors (Lipinski definition) is 4. The molecule has 7 heteroatoms. The molecule has 0 aliphatic carbocycles. The first-order chi connectivity index (χ1) is 15.3. The van der Waals surface area contributed by atoms with Crippen LogP contribution in [-0.4, -0.2) is 32.3 Å². The van der Waals surface area contributed by atoms with Gasteiger partial charge in [0.25, 0.3) is 5.91 Å². The van der Waals surface area contributed by atoms with Crippen molar-refractivity contribution in [3.63, 3.8) is 0 Å². The molecule has 3 rings (SSSR count). The maximum atomic E-state index is 12.9. The van der Waals surface area contributed by atoms with E-state index in [-0.39, 0.29) is 23.4 Å². The van der Waals surface area contributed by atoms with Gasteiger partial charge in [0.2, 0.25) is 10.0 Å².